The lowest BCUT2D eigenvalue weighted by Crippen LogP contribution is -2.41. The monoisotopic (exact) mass is 479 g/mol. The van der Waals surface area contributed by atoms with Crippen molar-refractivity contribution in [3.05, 3.63) is 46.4 Å². The molecule has 3 aromatic heterocycles. The maximum atomic E-state index is 11.0. The Kier molecular flexibility index (Phi) is 8.05. The van der Waals surface area contributed by atoms with Gasteiger partial charge in [-0.1, -0.05) is 16.8 Å². The predicted molar refractivity (Wildman–Crippen MR) is 122 cm³/mol. The van der Waals surface area contributed by atoms with E-state index >= 15 is 0 Å². The maximum absolute atomic E-state index is 11.0. The van der Waals surface area contributed by atoms with Gasteiger partial charge in [-0.25, -0.2) is 9.78 Å². The van der Waals surface area contributed by atoms with Crippen LogP contribution in [0.4, 0.5) is 0 Å². The van der Waals surface area contributed by atoms with Gasteiger partial charge in [0, 0.05) is 30.4 Å². The Morgan fingerprint density at radius 3 is 2.62 bits per heavy atom. The fraction of sp³-hybridized carbons (Fsp3) is 0.429. The van der Waals surface area contributed by atoms with Crippen molar-refractivity contribution >= 4 is 34.8 Å². The number of carboxylic acid groups (broad SMARTS) is 1. The summed E-state index contributed by atoms with van der Waals surface area (Å²) in [6, 6.07) is 5.98. The zero-order valence-electron chi connectivity index (χ0n) is 17.9. The predicted octanol–water partition coefficient (Wildman–Crippen LogP) is 3.59. The highest BCUT2D eigenvalue weighted by Gasteiger charge is 2.23. The standard InChI is InChI=1S/C12H8ClN3O3S.C9H18N2O/c13-10-2-1-9(20-10)8-5-7(15-19-8)6-16-4-3-14-11(16)12(17)18;1-7(2)11-5-3-8(4-6-11)9(10)12/h1-5H,6H2,(H,17,18);7-8H,3-6H2,1-2H3,(H2,10,12). The minimum Gasteiger partial charge on any atom is -0.475 e. The summed E-state index contributed by atoms with van der Waals surface area (Å²) >= 11 is 7.26. The summed E-state index contributed by atoms with van der Waals surface area (Å²) < 4.78 is 7.39. The number of carboxylic acids is 1. The van der Waals surface area contributed by atoms with Crippen LogP contribution in [0.15, 0.2) is 35.1 Å². The SMILES string of the molecule is CC(C)N1CCC(C(N)=O)CC1.O=C(O)c1nccn1Cc1cc(-c2ccc(Cl)s2)on1. The van der Waals surface area contributed by atoms with Gasteiger partial charge < -0.3 is 24.8 Å². The van der Waals surface area contributed by atoms with Crippen molar-refractivity contribution in [3.63, 3.8) is 0 Å². The number of piperidine rings is 1. The molecule has 1 aliphatic rings. The van der Waals surface area contributed by atoms with E-state index in [-0.39, 0.29) is 24.2 Å². The average Bonchev–Trinajstić information content (AvgIpc) is 3.50. The van der Waals surface area contributed by atoms with Crippen LogP contribution < -0.4 is 5.73 Å². The second-order valence-corrected chi connectivity index (χ2v) is 9.49. The molecule has 0 radical (unpaired) electrons. The molecule has 0 aliphatic carbocycles. The minimum atomic E-state index is -1.08. The number of carbonyl (C=O) groups excluding carboxylic acids is 1. The second kappa shape index (κ2) is 10.8. The summed E-state index contributed by atoms with van der Waals surface area (Å²) in [5, 5.41) is 12.9. The van der Waals surface area contributed by atoms with Crippen LogP contribution in [0.2, 0.25) is 4.34 Å². The fourth-order valence-corrected chi connectivity index (χ4v) is 4.45. The molecular weight excluding hydrogens is 454 g/mol. The van der Waals surface area contributed by atoms with E-state index in [1.54, 1.807) is 18.3 Å². The molecule has 32 heavy (non-hydrogen) atoms. The Morgan fingerprint density at radius 2 is 2.06 bits per heavy atom. The molecule has 0 atom stereocenters. The summed E-state index contributed by atoms with van der Waals surface area (Å²) in [4.78, 5) is 28.8. The van der Waals surface area contributed by atoms with Crippen molar-refractivity contribution in [3.8, 4) is 10.6 Å². The molecule has 0 unspecified atom stereocenters. The van der Waals surface area contributed by atoms with Crippen molar-refractivity contribution in [2.75, 3.05) is 13.1 Å². The molecule has 1 saturated heterocycles. The van der Waals surface area contributed by atoms with Crippen molar-refractivity contribution in [2.45, 2.75) is 39.3 Å². The summed E-state index contributed by atoms with van der Waals surface area (Å²) in [6.07, 6.45) is 4.89. The number of amides is 1. The van der Waals surface area contributed by atoms with E-state index in [0.717, 1.165) is 30.8 Å². The topological polar surface area (TPSA) is 127 Å². The van der Waals surface area contributed by atoms with Crippen LogP contribution in [0.5, 0.6) is 0 Å². The first kappa shape index (κ1) is 24.0. The van der Waals surface area contributed by atoms with E-state index in [1.807, 2.05) is 6.07 Å². The number of nitrogens with zero attached hydrogens (tertiary/aromatic N) is 4. The number of thiophene rings is 1. The van der Waals surface area contributed by atoms with Gasteiger partial charge in [0.1, 0.15) is 5.69 Å². The summed E-state index contributed by atoms with van der Waals surface area (Å²) in [5.41, 5.74) is 5.85. The highest BCUT2D eigenvalue weighted by Crippen LogP contribution is 2.31. The first-order valence-electron chi connectivity index (χ1n) is 10.2. The van der Waals surface area contributed by atoms with Crippen LogP contribution >= 0.6 is 22.9 Å². The van der Waals surface area contributed by atoms with Gasteiger partial charge in [-0.3, -0.25) is 4.79 Å². The molecule has 3 N–H and O–H groups in total. The van der Waals surface area contributed by atoms with Crippen molar-refractivity contribution in [2.24, 2.45) is 11.7 Å². The van der Waals surface area contributed by atoms with Gasteiger partial charge in [0.2, 0.25) is 11.7 Å². The Morgan fingerprint density at radius 1 is 1.34 bits per heavy atom. The molecule has 1 aliphatic heterocycles. The van der Waals surface area contributed by atoms with Crippen LogP contribution in [-0.4, -0.2) is 55.7 Å². The number of likely N-dealkylation sites (tertiary alicyclic amines) is 1. The molecule has 1 fully saturated rings. The molecule has 1 amide bonds. The number of aromatic nitrogens is 3. The largest absolute Gasteiger partial charge is 0.475 e. The van der Waals surface area contributed by atoms with Gasteiger partial charge in [-0.2, -0.15) is 0 Å². The van der Waals surface area contributed by atoms with Crippen LogP contribution in [0, 0.1) is 5.92 Å². The van der Waals surface area contributed by atoms with Crippen molar-refractivity contribution in [1.82, 2.24) is 19.6 Å². The minimum absolute atomic E-state index is 0.0336. The van der Waals surface area contributed by atoms with E-state index < -0.39 is 5.97 Å². The Labute approximate surface area is 194 Å². The van der Waals surface area contributed by atoms with Crippen LogP contribution in [-0.2, 0) is 11.3 Å². The zero-order chi connectivity index (χ0) is 23.3. The highest BCUT2D eigenvalue weighted by molar-refractivity contribution is 7.19. The molecule has 3 aromatic rings. The van der Waals surface area contributed by atoms with Crippen molar-refractivity contribution in [1.29, 1.82) is 0 Å². The third kappa shape index (κ3) is 6.18. The normalized spacial score (nSPS) is 14.9. The molecule has 11 heteroatoms. The molecular formula is C21H26ClN5O4S. The summed E-state index contributed by atoms with van der Waals surface area (Å²) in [7, 11) is 0. The van der Waals surface area contributed by atoms with Crippen LogP contribution in [0.1, 0.15) is 43.0 Å². The number of primary amides is 1. The third-order valence-electron chi connectivity index (χ3n) is 5.28. The molecule has 0 spiro atoms. The quantitative estimate of drug-likeness (QED) is 0.552. The highest BCUT2D eigenvalue weighted by atomic mass is 35.5. The lowest BCUT2D eigenvalue weighted by atomic mass is 9.95. The van der Waals surface area contributed by atoms with E-state index in [2.05, 4.69) is 28.9 Å². The third-order valence-corrected chi connectivity index (χ3v) is 6.52. The van der Waals surface area contributed by atoms with Gasteiger partial charge >= 0.3 is 5.97 Å². The number of rotatable bonds is 6. The van der Waals surface area contributed by atoms with Crippen molar-refractivity contribution < 1.29 is 19.2 Å². The van der Waals surface area contributed by atoms with Gasteiger partial charge in [0.15, 0.2) is 5.76 Å². The number of nitrogens with two attached hydrogens (primary N) is 1. The number of imidazole rings is 1. The molecule has 4 rings (SSSR count). The van der Waals surface area contributed by atoms with Gasteiger partial charge in [0.25, 0.3) is 0 Å². The number of halogens is 1. The first-order chi connectivity index (χ1) is 15.2. The molecule has 172 valence electrons. The van der Waals surface area contributed by atoms with E-state index in [1.165, 1.54) is 22.1 Å². The fourth-order valence-electron chi connectivity index (χ4n) is 3.46. The summed E-state index contributed by atoms with van der Waals surface area (Å²) in [6.45, 7) is 6.69. The van der Waals surface area contributed by atoms with Gasteiger partial charge in [-0.15, -0.1) is 11.3 Å². The van der Waals surface area contributed by atoms with E-state index in [4.69, 9.17) is 27.0 Å². The molecule has 0 saturated carbocycles. The Bertz CT molecular complexity index is 1050. The van der Waals surface area contributed by atoms with Crippen LogP contribution in [0.25, 0.3) is 10.6 Å². The van der Waals surface area contributed by atoms with Gasteiger partial charge in [0.05, 0.1) is 15.8 Å². The smallest absolute Gasteiger partial charge is 0.372 e. The first-order valence-corrected chi connectivity index (χ1v) is 11.4. The number of hydrogen-bond donors (Lipinski definition) is 2. The Balaban J connectivity index is 0.000000207. The Hall–Kier alpha value is -2.69. The van der Waals surface area contributed by atoms with Gasteiger partial charge in [-0.05, 0) is 51.9 Å². The zero-order valence-corrected chi connectivity index (χ0v) is 19.5. The number of carbonyl (C=O) groups is 2. The van der Waals surface area contributed by atoms with Crippen LogP contribution in [0.3, 0.4) is 0 Å². The number of hydrogen-bond acceptors (Lipinski definition) is 7. The average molecular weight is 480 g/mol. The second-order valence-electron chi connectivity index (χ2n) is 7.78. The molecule has 0 bridgehead atoms. The lowest BCUT2D eigenvalue weighted by molar-refractivity contribution is -0.123. The maximum Gasteiger partial charge on any atom is 0.372 e. The molecule has 4 heterocycles. The van der Waals surface area contributed by atoms with E-state index in [9.17, 15) is 9.59 Å². The molecule has 9 nitrogen and oxygen atoms in total. The molecule has 0 aromatic carbocycles. The number of aromatic carboxylic acids is 1. The lowest BCUT2D eigenvalue weighted by Gasteiger charge is -2.33. The van der Waals surface area contributed by atoms with E-state index in [0.29, 0.717) is 21.8 Å². The summed E-state index contributed by atoms with van der Waals surface area (Å²) in [5.74, 6) is -0.509.